The molecule has 0 bridgehead atoms. The SMILES string of the molecule is CNCC1(Cc2ccc3nc[nH]c3c2)CC1. The second kappa shape index (κ2) is 3.59. The van der Waals surface area contributed by atoms with E-state index in [1.54, 1.807) is 6.33 Å². The molecule has 3 heteroatoms. The van der Waals surface area contributed by atoms with Crippen molar-refractivity contribution >= 4 is 11.0 Å². The summed E-state index contributed by atoms with van der Waals surface area (Å²) in [5.41, 5.74) is 4.16. The van der Waals surface area contributed by atoms with Crippen molar-refractivity contribution in [3.8, 4) is 0 Å². The van der Waals surface area contributed by atoms with Crippen molar-refractivity contribution in [1.82, 2.24) is 15.3 Å². The first-order chi connectivity index (χ1) is 7.81. The van der Waals surface area contributed by atoms with E-state index in [9.17, 15) is 0 Å². The van der Waals surface area contributed by atoms with Gasteiger partial charge in [0.25, 0.3) is 0 Å². The highest BCUT2D eigenvalue weighted by atomic mass is 14.9. The number of aromatic nitrogens is 2. The molecule has 2 N–H and O–H groups in total. The molecule has 1 fully saturated rings. The predicted molar refractivity (Wildman–Crippen MR) is 65.4 cm³/mol. The van der Waals surface area contributed by atoms with E-state index in [1.807, 2.05) is 7.05 Å². The molecule has 84 valence electrons. The third-order valence-corrected chi connectivity index (χ3v) is 3.57. The summed E-state index contributed by atoms with van der Waals surface area (Å²) < 4.78 is 0. The van der Waals surface area contributed by atoms with Gasteiger partial charge >= 0.3 is 0 Å². The lowest BCUT2D eigenvalue weighted by Gasteiger charge is -2.14. The van der Waals surface area contributed by atoms with Gasteiger partial charge in [-0.1, -0.05) is 6.07 Å². The zero-order chi connectivity index (χ0) is 11.0. The van der Waals surface area contributed by atoms with Crippen LogP contribution >= 0.6 is 0 Å². The highest BCUT2D eigenvalue weighted by molar-refractivity contribution is 5.75. The molecule has 0 spiro atoms. The van der Waals surface area contributed by atoms with Crippen LogP contribution in [0, 0.1) is 5.41 Å². The van der Waals surface area contributed by atoms with Gasteiger partial charge in [0.2, 0.25) is 0 Å². The molecule has 0 unspecified atom stereocenters. The molecule has 1 aromatic carbocycles. The molecule has 1 saturated carbocycles. The summed E-state index contributed by atoms with van der Waals surface area (Å²) in [5, 5.41) is 3.30. The zero-order valence-corrected chi connectivity index (χ0v) is 9.59. The standard InChI is InChI=1S/C13H17N3/c1-14-8-13(4-5-13)7-10-2-3-11-12(6-10)16-9-15-11/h2-3,6,9,14H,4-5,7-8H2,1H3,(H,15,16). The topological polar surface area (TPSA) is 40.7 Å². The molecular weight excluding hydrogens is 198 g/mol. The minimum absolute atomic E-state index is 0.530. The van der Waals surface area contributed by atoms with E-state index >= 15 is 0 Å². The highest BCUT2D eigenvalue weighted by Gasteiger charge is 2.41. The summed E-state index contributed by atoms with van der Waals surface area (Å²) in [6, 6.07) is 6.55. The third-order valence-electron chi connectivity index (χ3n) is 3.57. The molecule has 0 atom stereocenters. The van der Waals surface area contributed by atoms with Crippen LogP contribution in [0.15, 0.2) is 24.5 Å². The lowest BCUT2D eigenvalue weighted by Crippen LogP contribution is -2.21. The first-order valence-electron chi connectivity index (χ1n) is 5.88. The molecule has 0 saturated heterocycles. The fraction of sp³-hybridized carbons (Fsp3) is 0.462. The van der Waals surface area contributed by atoms with E-state index in [0.717, 1.165) is 17.6 Å². The molecule has 3 nitrogen and oxygen atoms in total. The zero-order valence-electron chi connectivity index (χ0n) is 9.59. The highest BCUT2D eigenvalue weighted by Crippen LogP contribution is 2.47. The Kier molecular flexibility index (Phi) is 2.21. The number of hydrogen-bond acceptors (Lipinski definition) is 2. The summed E-state index contributed by atoms with van der Waals surface area (Å²) in [7, 11) is 2.04. The Balaban J connectivity index is 1.83. The average Bonchev–Trinajstić information content (AvgIpc) is 2.87. The average molecular weight is 215 g/mol. The molecule has 1 aromatic heterocycles. The number of aromatic amines is 1. The van der Waals surface area contributed by atoms with Crippen LogP contribution in [-0.2, 0) is 6.42 Å². The predicted octanol–water partition coefficient (Wildman–Crippen LogP) is 2.10. The number of hydrogen-bond donors (Lipinski definition) is 2. The number of rotatable bonds is 4. The smallest absolute Gasteiger partial charge is 0.0931 e. The Hall–Kier alpha value is -1.35. The summed E-state index contributed by atoms with van der Waals surface area (Å²) in [6.45, 7) is 1.13. The van der Waals surface area contributed by atoms with E-state index < -0.39 is 0 Å². The fourth-order valence-electron chi connectivity index (χ4n) is 2.49. The number of H-pyrrole nitrogens is 1. The van der Waals surface area contributed by atoms with Gasteiger partial charge in [0.1, 0.15) is 0 Å². The van der Waals surface area contributed by atoms with Crippen LogP contribution < -0.4 is 5.32 Å². The van der Waals surface area contributed by atoms with Gasteiger partial charge in [-0.3, -0.25) is 0 Å². The van der Waals surface area contributed by atoms with Crippen molar-refractivity contribution in [2.24, 2.45) is 5.41 Å². The van der Waals surface area contributed by atoms with E-state index in [0.29, 0.717) is 5.41 Å². The summed E-state index contributed by atoms with van der Waals surface area (Å²) in [6.07, 6.45) is 5.65. The Labute approximate surface area is 95.3 Å². The van der Waals surface area contributed by atoms with Gasteiger partial charge < -0.3 is 10.3 Å². The lowest BCUT2D eigenvalue weighted by molar-refractivity contribution is 0.478. The molecule has 1 heterocycles. The monoisotopic (exact) mass is 215 g/mol. The van der Waals surface area contributed by atoms with Gasteiger partial charge in [0.15, 0.2) is 0 Å². The van der Waals surface area contributed by atoms with Crippen molar-refractivity contribution in [1.29, 1.82) is 0 Å². The maximum Gasteiger partial charge on any atom is 0.0931 e. The number of fused-ring (bicyclic) bond motifs is 1. The number of imidazole rings is 1. The van der Waals surface area contributed by atoms with Crippen LogP contribution in [-0.4, -0.2) is 23.6 Å². The minimum atomic E-state index is 0.530. The Bertz CT molecular complexity index is 497. The maximum absolute atomic E-state index is 4.24. The molecule has 1 aliphatic carbocycles. The summed E-state index contributed by atoms with van der Waals surface area (Å²) in [4.78, 5) is 7.41. The van der Waals surface area contributed by atoms with Gasteiger partial charge in [-0.2, -0.15) is 0 Å². The fourth-order valence-corrected chi connectivity index (χ4v) is 2.49. The van der Waals surface area contributed by atoms with Crippen molar-refractivity contribution in [2.75, 3.05) is 13.6 Å². The van der Waals surface area contributed by atoms with Gasteiger partial charge in [0.05, 0.1) is 17.4 Å². The van der Waals surface area contributed by atoms with E-state index in [-0.39, 0.29) is 0 Å². The molecule has 1 aliphatic rings. The Morgan fingerprint density at radius 3 is 3.06 bits per heavy atom. The number of benzene rings is 1. The second-order valence-electron chi connectivity index (χ2n) is 4.96. The van der Waals surface area contributed by atoms with Crippen molar-refractivity contribution in [3.63, 3.8) is 0 Å². The maximum atomic E-state index is 4.24. The second-order valence-corrected chi connectivity index (χ2v) is 4.96. The van der Waals surface area contributed by atoms with Crippen LogP contribution in [0.5, 0.6) is 0 Å². The molecular formula is C13H17N3. The Morgan fingerprint density at radius 1 is 1.44 bits per heavy atom. The molecule has 3 rings (SSSR count). The first kappa shape index (κ1) is 9.85. The lowest BCUT2D eigenvalue weighted by atomic mass is 9.96. The molecule has 16 heavy (non-hydrogen) atoms. The van der Waals surface area contributed by atoms with Crippen LogP contribution in [0.1, 0.15) is 18.4 Å². The Morgan fingerprint density at radius 2 is 2.31 bits per heavy atom. The van der Waals surface area contributed by atoms with Gasteiger partial charge in [0, 0.05) is 6.54 Å². The van der Waals surface area contributed by atoms with E-state index in [4.69, 9.17) is 0 Å². The van der Waals surface area contributed by atoms with Crippen molar-refractivity contribution in [3.05, 3.63) is 30.1 Å². The first-order valence-corrected chi connectivity index (χ1v) is 5.88. The van der Waals surface area contributed by atoms with Crippen LogP contribution in [0.25, 0.3) is 11.0 Å². The van der Waals surface area contributed by atoms with Crippen molar-refractivity contribution in [2.45, 2.75) is 19.3 Å². The van der Waals surface area contributed by atoms with Gasteiger partial charge in [-0.15, -0.1) is 0 Å². The van der Waals surface area contributed by atoms with E-state index in [1.165, 1.54) is 24.8 Å². The quantitative estimate of drug-likeness (QED) is 0.820. The number of nitrogens with zero attached hydrogens (tertiary/aromatic N) is 1. The summed E-state index contributed by atoms with van der Waals surface area (Å²) >= 11 is 0. The summed E-state index contributed by atoms with van der Waals surface area (Å²) in [5.74, 6) is 0. The largest absolute Gasteiger partial charge is 0.345 e. The van der Waals surface area contributed by atoms with E-state index in [2.05, 4.69) is 33.5 Å². The van der Waals surface area contributed by atoms with Gasteiger partial charge in [-0.25, -0.2) is 4.98 Å². The molecule has 0 amide bonds. The molecule has 2 aromatic rings. The minimum Gasteiger partial charge on any atom is -0.345 e. The molecule has 0 aliphatic heterocycles. The van der Waals surface area contributed by atoms with Crippen LogP contribution in [0.3, 0.4) is 0 Å². The molecule has 0 radical (unpaired) electrons. The van der Waals surface area contributed by atoms with Gasteiger partial charge in [-0.05, 0) is 49.4 Å². The number of nitrogens with one attached hydrogen (secondary N) is 2. The van der Waals surface area contributed by atoms with Crippen LogP contribution in [0.2, 0.25) is 0 Å². The van der Waals surface area contributed by atoms with Crippen molar-refractivity contribution < 1.29 is 0 Å². The normalized spacial score (nSPS) is 17.8. The van der Waals surface area contributed by atoms with Crippen LogP contribution in [0.4, 0.5) is 0 Å². The third kappa shape index (κ3) is 1.71.